The lowest BCUT2D eigenvalue weighted by Gasteiger charge is -2.15. The molecule has 2 atom stereocenters. The number of amides is 2. The van der Waals surface area contributed by atoms with E-state index in [1.165, 1.54) is 29.2 Å². The van der Waals surface area contributed by atoms with Crippen molar-refractivity contribution in [1.82, 2.24) is 10.6 Å². The third-order valence-electron chi connectivity index (χ3n) is 7.49. The van der Waals surface area contributed by atoms with Gasteiger partial charge in [-0.1, -0.05) is 60.1 Å². The van der Waals surface area contributed by atoms with E-state index >= 15 is 0 Å². The number of benzene rings is 4. The maximum atomic E-state index is 12.9. The smallest absolute Gasteiger partial charge is 0.255 e. The molecule has 6 nitrogen and oxygen atoms in total. The zero-order chi connectivity index (χ0) is 31.3. The van der Waals surface area contributed by atoms with Crippen molar-refractivity contribution in [3.05, 3.63) is 130 Å². The number of rotatable bonds is 15. The minimum absolute atomic E-state index is 0. The SMILES string of the molecule is CC(=O)Nc1ccc(CCNC(C)Cc2ccc(C(=O)Nc3ccc(CC(C)NCCc4cccc(Cl)c4)cc3)cc2)cc1.Cl. The summed E-state index contributed by atoms with van der Waals surface area (Å²) in [4.78, 5) is 24.0. The van der Waals surface area contributed by atoms with Crippen molar-refractivity contribution in [3.8, 4) is 0 Å². The van der Waals surface area contributed by atoms with Crippen LogP contribution in [-0.2, 0) is 30.5 Å². The van der Waals surface area contributed by atoms with Crippen molar-refractivity contribution in [2.24, 2.45) is 0 Å². The van der Waals surface area contributed by atoms with Crippen LogP contribution in [0.2, 0.25) is 5.02 Å². The van der Waals surface area contributed by atoms with Gasteiger partial charge in [0, 0.05) is 41.0 Å². The van der Waals surface area contributed by atoms with Crippen LogP contribution in [0.15, 0.2) is 97.1 Å². The van der Waals surface area contributed by atoms with Gasteiger partial charge in [-0.3, -0.25) is 9.59 Å². The fourth-order valence-corrected chi connectivity index (χ4v) is 5.36. The van der Waals surface area contributed by atoms with Gasteiger partial charge in [-0.2, -0.15) is 0 Å². The fraction of sp³-hybridized carbons (Fsp3) is 0.297. The third kappa shape index (κ3) is 12.7. The van der Waals surface area contributed by atoms with Crippen LogP contribution in [0.25, 0.3) is 0 Å². The number of carbonyl (C=O) groups is 2. The summed E-state index contributed by atoms with van der Waals surface area (Å²) in [7, 11) is 0. The third-order valence-corrected chi connectivity index (χ3v) is 7.72. The first kappa shape index (κ1) is 35.8. The van der Waals surface area contributed by atoms with Gasteiger partial charge < -0.3 is 21.3 Å². The van der Waals surface area contributed by atoms with E-state index in [0.29, 0.717) is 17.6 Å². The lowest BCUT2D eigenvalue weighted by Crippen LogP contribution is -2.30. The van der Waals surface area contributed by atoms with E-state index in [2.05, 4.69) is 53.3 Å². The van der Waals surface area contributed by atoms with Gasteiger partial charge in [0.15, 0.2) is 0 Å². The minimum Gasteiger partial charge on any atom is -0.326 e. The number of nitrogens with one attached hydrogen (secondary N) is 4. The molecule has 4 N–H and O–H groups in total. The Labute approximate surface area is 278 Å². The molecule has 2 unspecified atom stereocenters. The van der Waals surface area contributed by atoms with Crippen LogP contribution in [0, 0.1) is 0 Å². The van der Waals surface area contributed by atoms with E-state index in [9.17, 15) is 9.59 Å². The first-order chi connectivity index (χ1) is 21.2. The van der Waals surface area contributed by atoms with E-state index in [4.69, 9.17) is 11.6 Å². The molecule has 0 spiro atoms. The molecule has 0 heterocycles. The van der Waals surface area contributed by atoms with E-state index in [1.54, 1.807) is 0 Å². The van der Waals surface area contributed by atoms with Gasteiger partial charge >= 0.3 is 0 Å². The van der Waals surface area contributed by atoms with Gasteiger partial charge in [-0.15, -0.1) is 12.4 Å². The highest BCUT2D eigenvalue weighted by Gasteiger charge is 2.09. The van der Waals surface area contributed by atoms with Crippen LogP contribution < -0.4 is 21.3 Å². The summed E-state index contributed by atoms with van der Waals surface area (Å²) in [6.07, 6.45) is 3.63. The molecule has 0 fully saturated rings. The van der Waals surface area contributed by atoms with E-state index in [1.807, 2.05) is 78.9 Å². The van der Waals surface area contributed by atoms with Crippen LogP contribution in [0.3, 0.4) is 0 Å². The molecule has 0 saturated heterocycles. The second kappa shape index (κ2) is 18.3. The number of hydrogen-bond acceptors (Lipinski definition) is 4. The molecule has 238 valence electrons. The van der Waals surface area contributed by atoms with Crippen LogP contribution in [0.4, 0.5) is 11.4 Å². The highest BCUT2D eigenvalue weighted by Crippen LogP contribution is 2.15. The monoisotopic (exact) mass is 646 g/mol. The predicted molar refractivity (Wildman–Crippen MR) is 190 cm³/mol. The summed E-state index contributed by atoms with van der Waals surface area (Å²) in [6, 6.07) is 32.5. The molecular formula is C37H44Cl2N4O2. The molecule has 4 rings (SSSR count). The number of halogens is 2. The molecule has 45 heavy (non-hydrogen) atoms. The molecule has 0 radical (unpaired) electrons. The highest BCUT2D eigenvalue weighted by atomic mass is 35.5. The number of hydrogen-bond donors (Lipinski definition) is 4. The zero-order valence-electron chi connectivity index (χ0n) is 26.2. The van der Waals surface area contributed by atoms with Crippen molar-refractivity contribution < 1.29 is 9.59 Å². The zero-order valence-corrected chi connectivity index (χ0v) is 27.8. The summed E-state index contributed by atoms with van der Waals surface area (Å²) in [5.41, 5.74) is 7.09. The van der Waals surface area contributed by atoms with Gasteiger partial charge in [-0.05, 0) is 123 Å². The Kier molecular flexibility index (Phi) is 14.6. The summed E-state index contributed by atoms with van der Waals surface area (Å²) < 4.78 is 0. The first-order valence-corrected chi connectivity index (χ1v) is 15.7. The van der Waals surface area contributed by atoms with Crippen molar-refractivity contribution in [2.75, 3.05) is 23.7 Å². The Morgan fingerprint density at radius 3 is 1.67 bits per heavy atom. The molecule has 0 saturated carbocycles. The summed E-state index contributed by atoms with van der Waals surface area (Å²) in [6.45, 7) is 7.61. The van der Waals surface area contributed by atoms with Crippen LogP contribution >= 0.6 is 24.0 Å². The van der Waals surface area contributed by atoms with Crippen LogP contribution in [0.5, 0.6) is 0 Å². The van der Waals surface area contributed by atoms with Crippen LogP contribution in [-0.4, -0.2) is 37.0 Å². The molecule has 2 amide bonds. The van der Waals surface area contributed by atoms with Crippen molar-refractivity contribution in [3.63, 3.8) is 0 Å². The standard InChI is InChI=1S/C37H43ClN4O2.ClH/c1-26(39-21-19-29-9-15-35(16-10-29)41-28(3)43)23-31-7-13-33(14-8-31)37(44)42-36-17-11-32(12-18-36)24-27(2)40-22-20-30-5-4-6-34(38)25-30;/h4-18,25-27,39-40H,19-24H2,1-3H3,(H,41,43)(H,42,44);1H. The first-order valence-electron chi connectivity index (χ1n) is 15.3. The van der Waals surface area contributed by atoms with E-state index in [0.717, 1.165) is 55.2 Å². The number of anilines is 2. The van der Waals surface area contributed by atoms with Crippen molar-refractivity contribution >= 4 is 47.2 Å². The average molecular weight is 648 g/mol. The highest BCUT2D eigenvalue weighted by molar-refractivity contribution is 6.30. The minimum atomic E-state index is -0.115. The molecule has 0 bridgehead atoms. The molecular weight excluding hydrogens is 603 g/mol. The van der Waals surface area contributed by atoms with Gasteiger partial charge in [-0.25, -0.2) is 0 Å². The lowest BCUT2D eigenvalue weighted by atomic mass is 10.0. The van der Waals surface area contributed by atoms with Crippen LogP contribution in [0.1, 0.15) is 53.4 Å². The molecule has 0 aliphatic carbocycles. The molecule has 0 aliphatic heterocycles. The quantitative estimate of drug-likeness (QED) is 0.108. The van der Waals surface area contributed by atoms with Gasteiger partial charge in [0.1, 0.15) is 0 Å². The van der Waals surface area contributed by atoms with E-state index < -0.39 is 0 Å². The largest absolute Gasteiger partial charge is 0.326 e. The summed E-state index contributed by atoms with van der Waals surface area (Å²) in [5.74, 6) is -0.181. The van der Waals surface area contributed by atoms with E-state index in [-0.39, 0.29) is 24.2 Å². The average Bonchev–Trinajstić information content (AvgIpc) is 2.99. The molecule has 8 heteroatoms. The second-order valence-corrected chi connectivity index (χ2v) is 11.9. The molecule has 0 aromatic heterocycles. The van der Waals surface area contributed by atoms with Crippen molar-refractivity contribution in [2.45, 2.75) is 58.5 Å². The predicted octanol–water partition coefficient (Wildman–Crippen LogP) is 7.50. The second-order valence-electron chi connectivity index (χ2n) is 11.5. The maximum Gasteiger partial charge on any atom is 0.255 e. The normalized spacial score (nSPS) is 12.1. The van der Waals surface area contributed by atoms with Crippen molar-refractivity contribution in [1.29, 1.82) is 0 Å². The maximum absolute atomic E-state index is 12.9. The summed E-state index contributed by atoms with van der Waals surface area (Å²) in [5, 5.41) is 13.7. The number of carbonyl (C=O) groups excluding carboxylic acids is 2. The Morgan fingerprint density at radius 2 is 1.13 bits per heavy atom. The molecule has 0 aliphatic rings. The Balaban J connectivity index is 0.00000552. The Bertz CT molecular complexity index is 1490. The van der Waals surface area contributed by atoms with Gasteiger partial charge in [0.25, 0.3) is 5.91 Å². The molecule has 4 aromatic rings. The fourth-order valence-electron chi connectivity index (χ4n) is 5.15. The summed E-state index contributed by atoms with van der Waals surface area (Å²) >= 11 is 6.08. The van der Waals surface area contributed by atoms with Gasteiger partial charge in [0.05, 0.1) is 0 Å². The lowest BCUT2D eigenvalue weighted by molar-refractivity contribution is -0.114. The topological polar surface area (TPSA) is 82.3 Å². The Morgan fingerprint density at radius 1 is 0.644 bits per heavy atom. The molecule has 4 aromatic carbocycles. The van der Waals surface area contributed by atoms with Gasteiger partial charge in [0.2, 0.25) is 5.91 Å². The Hall–Kier alpha value is -3.68.